The minimum atomic E-state index is -0.355. The van der Waals surface area contributed by atoms with Crippen molar-refractivity contribution in [2.24, 2.45) is 5.73 Å². The summed E-state index contributed by atoms with van der Waals surface area (Å²) in [6.45, 7) is 0. The number of methoxy groups -OCH3 is 1. The number of thioether (sulfide) groups is 1. The lowest BCUT2D eigenvalue weighted by Crippen LogP contribution is -1.93. The van der Waals surface area contributed by atoms with Gasteiger partial charge in [-0.15, -0.1) is 11.8 Å². The molecule has 0 unspecified atom stereocenters. The van der Waals surface area contributed by atoms with E-state index in [1.165, 1.54) is 13.2 Å². The molecule has 2 N–H and O–H groups in total. The van der Waals surface area contributed by atoms with Crippen molar-refractivity contribution in [3.63, 3.8) is 0 Å². The number of hydrogen-bond donors (Lipinski definition) is 1. The smallest absolute Gasteiger partial charge is 0.330 e. The molecule has 0 radical (unpaired) electrons. The van der Waals surface area contributed by atoms with E-state index < -0.39 is 0 Å². The Hall–Kier alpha value is -1.26. The lowest BCUT2D eigenvalue weighted by Gasteiger charge is -1.99. The lowest BCUT2D eigenvalue weighted by molar-refractivity contribution is -0.134. The average Bonchev–Trinajstić information content (AvgIpc) is 2.27. The van der Waals surface area contributed by atoms with Gasteiger partial charge in [0.15, 0.2) is 0 Å². The van der Waals surface area contributed by atoms with Gasteiger partial charge in [0, 0.05) is 16.8 Å². The quantitative estimate of drug-likeness (QED) is 0.366. The van der Waals surface area contributed by atoms with Crippen LogP contribution in [0.5, 0.6) is 0 Å². The molecule has 0 bridgehead atoms. The number of ether oxygens (including phenoxy) is 1. The van der Waals surface area contributed by atoms with Gasteiger partial charge in [-0.05, 0) is 23.8 Å². The first-order valence-corrected chi connectivity index (χ1v) is 5.44. The van der Waals surface area contributed by atoms with Crippen LogP contribution >= 0.6 is 11.8 Å². The molecule has 0 heterocycles. The summed E-state index contributed by atoms with van der Waals surface area (Å²) in [5.41, 5.74) is 6.38. The zero-order valence-electron chi connectivity index (χ0n) is 8.47. The monoisotopic (exact) mass is 223 g/mol. The van der Waals surface area contributed by atoms with E-state index in [-0.39, 0.29) is 5.97 Å². The van der Waals surface area contributed by atoms with E-state index in [0.29, 0.717) is 5.88 Å². The van der Waals surface area contributed by atoms with Crippen molar-refractivity contribution in [2.45, 2.75) is 4.90 Å². The first-order valence-electron chi connectivity index (χ1n) is 4.45. The number of nitrogens with two attached hydrogens (primary N) is 1. The fourth-order valence-corrected chi connectivity index (χ4v) is 1.62. The molecule has 0 saturated carbocycles. The molecule has 80 valence electrons. The van der Waals surface area contributed by atoms with Gasteiger partial charge in [0.2, 0.25) is 0 Å². The number of rotatable bonds is 4. The van der Waals surface area contributed by atoms with Crippen molar-refractivity contribution < 1.29 is 9.53 Å². The lowest BCUT2D eigenvalue weighted by atomic mass is 10.2. The van der Waals surface area contributed by atoms with E-state index in [0.717, 1.165) is 10.5 Å². The summed E-state index contributed by atoms with van der Waals surface area (Å²) in [7, 11) is 1.35. The van der Waals surface area contributed by atoms with Gasteiger partial charge in [-0.25, -0.2) is 4.79 Å². The van der Waals surface area contributed by atoms with Gasteiger partial charge in [-0.1, -0.05) is 12.1 Å². The van der Waals surface area contributed by atoms with E-state index in [1.807, 2.05) is 24.3 Å². The second-order valence-corrected chi connectivity index (χ2v) is 3.83. The van der Waals surface area contributed by atoms with Crippen molar-refractivity contribution in [3.8, 4) is 0 Å². The molecule has 1 rings (SSSR count). The molecule has 0 spiro atoms. The third-order valence-corrected chi connectivity index (χ3v) is 2.48. The van der Waals surface area contributed by atoms with E-state index in [4.69, 9.17) is 5.73 Å². The molecule has 0 aliphatic carbocycles. The van der Waals surface area contributed by atoms with Gasteiger partial charge >= 0.3 is 5.97 Å². The van der Waals surface area contributed by atoms with Crippen LogP contribution in [0, 0.1) is 0 Å². The van der Waals surface area contributed by atoms with Gasteiger partial charge in [0.05, 0.1) is 7.11 Å². The molecular formula is C11H13NO2S. The fourth-order valence-electron chi connectivity index (χ4n) is 1.04. The molecular weight excluding hydrogens is 210 g/mol. The van der Waals surface area contributed by atoms with Gasteiger partial charge < -0.3 is 10.5 Å². The third kappa shape index (κ3) is 4.18. The van der Waals surface area contributed by atoms with Crippen molar-refractivity contribution in [1.82, 2.24) is 0 Å². The Labute approximate surface area is 93.3 Å². The minimum absolute atomic E-state index is 0.355. The summed E-state index contributed by atoms with van der Waals surface area (Å²) in [6.07, 6.45) is 3.11. The predicted octanol–water partition coefficient (Wildman–Crippen LogP) is 1.88. The highest BCUT2D eigenvalue weighted by Crippen LogP contribution is 2.17. The number of carbonyl (C=O) groups excluding carboxylic acids is 1. The number of carbonyl (C=O) groups is 1. The molecule has 1 aromatic rings. The van der Waals surface area contributed by atoms with Crippen LogP contribution in [-0.2, 0) is 9.53 Å². The SMILES string of the molecule is COC(=O)/C=C/c1cccc(SCN)c1. The van der Waals surface area contributed by atoms with Crippen LogP contribution in [0.4, 0.5) is 0 Å². The minimum Gasteiger partial charge on any atom is -0.466 e. The van der Waals surface area contributed by atoms with E-state index in [2.05, 4.69) is 4.74 Å². The van der Waals surface area contributed by atoms with Gasteiger partial charge in [0.25, 0.3) is 0 Å². The Bertz CT molecular complexity index is 363. The van der Waals surface area contributed by atoms with Crippen LogP contribution in [-0.4, -0.2) is 19.0 Å². The van der Waals surface area contributed by atoms with E-state index in [1.54, 1.807) is 17.8 Å². The van der Waals surface area contributed by atoms with Crippen LogP contribution in [0.2, 0.25) is 0 Å². The summed E-state index contributed by atoms with van der Waals surface area (Å²) in [6, 6.07) is 7.79. The van der Waals surface area contributed by atoms with Crippen LogP contribution in [0.15, 0.2) is 35.2 Å². The second-order valence-electron chi connectivity index (χ2n) is 2.74. The molecule has 0 aliphatic rings. The highest BCUT2D eigenvalue weighted by Gasteiger charge is 1.94. The molecule has 0 aromatic heterocycles. The Morgan fingerprint density at radius 3 is 3.07 bits per heavy atom. The first kappa shape index (κ1) is 11.8. The van der Waals surface area contributed by atoms with Crippen LogP contribution in [0.3, 0.4) is 0 Å². The Morgan fingerprint density at radius 2 is 2.40 bits per heavy atom. The standard InChI is InChI=1S/C11H13NO2S/c1-14-11(13)6-5-9-3-2-4-10(7-9)15-8-12/h2-7H,8,12H2,1H3/b6-5+. The zero-order valence-corrected chi connectivity index (χ0v) is 9.29. The average molecular weight is 223 g/mol. The summed E-state index contributed by atoms with van der Waals surface area (Å²) in [5, 5.41) is 0. The zero-order chi connectivity index (χ0) is 11.1. The maximum atomic E-state index is 10.9. The fraction of sp³-hybridized carbons (Fsp3) is 0.182. The molecule has 3 nitrogen and oxygen atoms in total. The van der Waals surface area contributed by atoms with Crippen LogP contribution in [0.1, 0.15) is 5.56 Å². The van der Waals surface area contributed by atoms with Crippen molar-refractivity contribution in [2.75, 3.05) is 13.0 Å². The predicted molar refractivity (Wildman–Crippen MR) is 62.4 cm³/mol. The van der Waals surface area contributed by atoms with Gasteiger partial charge in [-0.2, -0.15) is 0 Å². The molecule has 0 atom stereocenters. The number of esters is 1. The highest BCUT2D eigenvalue weighted by atomic mass is 32.2. The molecule has 0 saturated heterocycles. The van der Waals surface area contributed by atoms with Gasteiger partial charge in [-0.3, -0.25) is 0 Å². The molecule has 0 amide bonds. The third-order valence-electron chi connectivity index (χ3n) is 1.72. The summed E-state index contributed by atoms with van der Waals surface area (Å²) in [5.74, 6) is 0.191. The second kappa shape index (κ2) is 6.27. The maximum absolute atomic E-state index is 10.9. The van der Waals surface area contributed by atoms with Crippen LogP contribution < -0.4 is 5.73 Å². The number of hydrogen-bond acceptors (Lipinski definition) is 4. The Kier molecular flexibility index (Phi) is 4.93. The summed E-state index contributed by atoms with van der Waals surface area (Å²) >= 11 is 1.56. The molecule has 1 aromatic carbocycles. The van der Waals surface area contributed by atoms with E-state index >= 15 is 0 Å². The van der Waals surface area contributed by atoms with Crippen molar-refractivity contribution in [1.29, 1.82) is 0 Å². The van der Waals surface area contributed by atoms with Gasteiger partial charge in [0.1, 0.15) is 0 Å². The summed E-state index contributed by atoms with van der Waals surface area (Å²) in [4.78, 5) is 11.9. The van der Waals surface area contributed by atoms with E-state index in [9.17, 15) is 4.79 Å². The highest BCUT2D eigenvalue weighted by molar-refractivity contribution is 7.99. The Balaban J connectivity index is 2.73. The van der Waals surface area contributed by atoms with Crippen LogP contribution in [0.25, 0.3) is 6.08 Å². The van der Waals surface area contributed by atoms with Crippen molar-refractivity contribution in [3.05, 3.63) is 35.9 Å². The Morgan fingerprint density at radius 1 is 1.60 bits per heavy atom. The molecule has 15 heavy (non-hydrogen) atoms. The maximum Gasteiger partial charge on any atom is 0.330 e. The largest absolute Gasteiger partial charge is 0.466 e. The topological polar surface area (TPSA) is 52.3 Å². The normalized spacial score (nSPS) is 10.5. The molecule has 0 fully saturated rings. The molecule has 0 aliphatic heterocycles. The number of benzene rings is 1. The van der Waals surface area contributed by atoms with Crippen molar-refractivity contribution >= 4 is 23.8 Å². The summed E-state index contributed by atoms with van der Waals surface area (Å²) < 4.78 is 4.50. The first-order chi connectivity index (χ1) is 7.26. The molecule has 4 heteroatoms.